The SMILES string of the molecule is CCN1CCN(C(=O)[C@H](C)N[C@@H](C)Cn2cccn2)CC1. The smallest absolute Gasteiger partial charge is 0.239 e. The van der Waals surface area contributed by atoms with Gasteiger partial charge in [0, 0.05) is 44.6 Å². The summed E-state index contributed by atoms with van der Waals surface area (Å²) in [5, 5.41) is 7.57. The van der Waals surface area contributed by atoms with Crippen molar-refractivity contribution in [3.05, 3.63) is 18.5 Å². The van der Waals surface area contributed by atoms with Gasteiger partial charge in [0.2, 0.25) is 5.91 Å². The number of hydrogen-bond acceptors (Lipinski definition) is 4. The Morgan fingerprint density at radius 2 is 2.00 bits per heavy atom. The summed E-state index contributed by atoms with van der Waals surface area (Å²) >= 11 is 0. The first-order valence-electron chi connectivity index (χ1n) is 7.84. The highest BCUT2D eigenvalue weighted by atomic mass is 16.2. The zero-order valence-corrected chi connectivity index (χ0v) is 13.3. The molecule has 6 heteroatoms. The summed E-state index contributed by atoms with van der Waals surface area (Å²) in [6.45, 7) is 11.7. The highest BCUT2D eigenvalue weighted by Gasteiger charge is 2.25. The van der Waals surface area contributed by atoms with Crippen LogP contribution in [0.15, 0.2) is 18.5 Å². The topological polar surface area (TPSA) is 53.4 Å². The summed E-state index contributed by atoms with van der Waals surface area (Å²) in [4.78, 5) is 16.8. The molecule has 1 aromatic heterocycles. The third-order valence-electron chi connectivity index (χ3n) is 4.06. The standard InChI is InChI=1S/C15H27N5O/c1-4-18-8-10-19(11-9-18)15(21)14(3)17-13(2)12-20-7-5-6-16-20/h5-7,13-14,17H,4,8-12H2,1-3H3/t13-,14-/m0/s1. The second-order valence-electron chi connectivity index (χ2n) is 5.78. The van der Waals surface area contributed by atoms with Crippen molar-refractivity contribution in [3.8, 4) is 0 Å². The van der Waals surface area contributed by atoms with Crippen molar-refractivity contribution in [3.63, 3.8) is 0 Å². The molecule has 1 saturated heterocycles. The van der Waals surface area contributed by atoms with Crippen LogP contribution in [-0.4, -0.2) is 70.3 Å². The Bertz CT molecular complexity index is 425. The van der Waals surface area contributed by atoms with Crippen LogP contribution < -0.4 is 5.32 Å². The van der Waals surface area contributed by atoms with E-state index < -0.39 is 0 Å². The highest BCUT2D eigenvalue weighted by molar-refractivity contribution is 5.81. The number of likely N-dealkylation sites (N-methyl/N-ethyl adjacent to an activating group) is 1. The summed E-state index contributed by atoms with van der Waals surface area (Å²) in [6, 6.07) is 1.97. The van der Waals surface area contributed by atoms with E-state index in [0.29, 0.717) is 0 Å². The van der Waals surface area contributed by atoms with Gasteiger partial charge in [-0.25, -0.2) is 0 Å². The fraction of sp³-hybridized carbons (Fsp3) is 0.733. The van der Waals surface area contributed by atoms with Crippen LogP contribution in [-0.2, 0) is 11.3 Å². The third kappa shape index (κ3) is 4.54. The van der Waals surface area contributed by atoms with Crippen LogP contribution in [0.2, 0.25) is 0 Å². The third-order valence-corrected chi connectivity index (χ3v) is 4.06. The molecular weight excluding hydrogens is 266 g/mol. The van der Waals surface area contributed by atoms with Crippen molar-refractivity contribution < 1.29 is 4.79 Å². The maximum absolute atomic E-state index is 12.5. The molecule has 0 radical (unpaired) electrons. The number of aromatic nitrogens is 2. The number of carbonyl (C=O) groups excluding carboxylic acids is 1. The molecule has 2 heterocycles. The van der Waals surface area contributed by atoms with E-state index in [9.17, 15) is 4.79 Å². The molecule has 6 nitrogen and oxygen atoms in total. The van der Waals surface area contributed by atoms with Gasteiger partial charge in [0.15, 0.2) is 0 Å². The van der Waals surface area contributed by atoms with Gasteiger partial charge in [0.05, 0.1) is 12.6 Å². The van der Waals surface area contributed by atoms with E-state index in [0.717, 1.165) is 39.3 Å². The van der Waals surface area contributed by atoms with Gasteiger partial charge in [-0.1, -0.05) is 6.92 Å². The van der Waals surface area contributed by atoms with E-state index in [1.165, 1.54) is 0 Å². The fourth-order valence-corrected chi connectivity index (χ4v) is 2.80. The molecule has 118 valence electrons. The van der Waals surface area contributed by atoms with E-state index in [-0.39, 0.29) is 18.0 Å². The van der Waals surface area contributed by atoms with E-state index in [2.05, 4.69) is 29.2 Å². The van der Waals surface area contributed by atoms with E-state index in [1.807, 2.05) is 28.8 Å². The molecule has 2 atom stereocenters. The van der Waals surface area contributed by atoms with Crippen LogP contribution in [0.5, 0.6) is 0 Å². The quantitative estimate of drug-likeness (QED) is 0.825. The van der Waals surface area contributed by atoms with Gasteiger partial charge in [-0.15, -0.1) is 0 Å². The molecule has 0 saturated carbocycles. The van der Waals surface area contributed by atoms with Crippen LogP contribution in [0.1, 0.15) is 20.8 Å². The lowest BCUT2D eigenvalue weighted by molar-refractivity contribution is -0.135. The maximum Gasteiger partial charge on any atom is 0.239 e. The number of rotatable bonds is 6. The zero-order chi connectivity index (χ0) is 15.2. The molecule has 0 aromatic carbocycles. The molecule has 0 spiro atoms. The molecule has 0 aliphatic carbocycles. The summed E-state index contributed by atoms with van der Waals surface area (Å²) in [5.74, 6) is 0.207. The second-order valence-corrected chi connectivity index (χ2v) is 5.78. The Labute approximate surface area is 127 Å². The van der Waals surface area contributed by atoms with Gasteiger partial charge >= 0.3 is 0 Å². The number of hydrogen-bond donors (Lipinski definition) is 1. The largest absolute Gasteiger partial charge is 0.339 e. The van der Waals surface area contributed by atoms with Crippen LogP contribution in [0, 0.1) is 0 Å². The minimum atomic E-state index is -0.149. The minimum absolute atomic E-state index is 0.149. The maximum atomic E-state index is 12.5. The molecular formula is C15H27N5O. The molecule has 1 aliphatic rings. The Balaban J connectivity index is 1.77. The van der Waals surface area contributed by atoms with Crippen LogP contribution in [0.4, 0.5) is 0 Å². The molecule has 0 bridgehead atoms. The molecule has 1 N–H and O–H groups in total. The van der Waals surface area contributed by atoms with Crippen molar-refractivity contribution in [2.75, 3.05) is 32.7 Å². The lowest BCUT2D eigenvalue weighted by Gasteiger charge is -2.36. The van der Waals surface area contributed by atoms with Crippen LogP contribution in [0.3, 0.4) is 0 Å². The van der Waals surface area contributed by atoms with Crippen LogP contribution in [0.25, 0.3) is 0 Å². The van der Waals surface area contributed by atoms with Gasteiger partial charge in [0.25, 0.3) is 0 Å². The number of carbonyl (C=O) groups is 1. The first kappa shape index (κ1) is 16.0. The molecule has 1 fully saturated rings. The van der Waals surface area contributed by atoms with Gasteiger partial charge in [-0.05, 0) is 26.5 Å². The van der Waals surface area contributed by atoms with E-state index in [4.69, 9.17) is 0 Å². The Morgan fingerprint density at radius 1 is 1.29 bits per heavy atom. The molecule has 1 aromatic rings. The van der Waals surface area contributed by atoms with Crippen molar-refractivity contribution >= 4 is 5.91 Å². The van der Waals surface area contributed by atoms with Crippen molar-refractivity contribution in [1.29, 1.82) is 0 Å². The average molecular weight is 293 g/mol. The van der Waals surface area contributed by atoms with Gasteiger partial charge in [-0.2, -0.15) is 5.10 Å². The molecule has 21 heavy (non-hydrogen) atoms. The first-order chi connectivity index (χ1) is 10.1. The summed E-state index contributed by atoms with van der Waals surface area (Å²) in [5.41, 5.74) is 0. The normalized spacial score (nSPS) is 19.5. The lowest BCUT2D eigenvalue weighted by Crippen LogP contribution is -2.54. The zero-order valence-electron chi connectivity index (χ0n) is 13.3. The predicted octanol–water partition coefficient (Wildman–Crippen LogP) is 0.414. The Hall–Kier alpha value is -1.40. The van der Waals surface area contributed by atoms with E-state index in [1.54, 1.807) is 6.20 Å². The summed E-state index contributed by atoms with van der Waals surface area (Å²) in [7, 11) is 0. The number of amides is 1. The average Bonchev–Trinajstić information content (AvgIpc) is 2.99. The monoisotopic (exact) mass is 293 g/mol. The molecule has 2 rings (SSSR count). The Morgan fingerprint density at radius 3 is 2.57 bits per heavy atom. The lowest BCUT2D eigenvalue weighted by atomic mass is 10.2. The molecule has 0 unspecified atom stereocenters. The fourth-order valence-electron chi connectivity index (χ4n) is 2.80. The van der Waals surface area contributed by atoms with Gasteiger partial charge in [-0.3, -0.25) is 9.48 Å². The molecule has 1 amide bonds. The number of nitrogens with zero attached hydrogens (tertiary/aromatic N) is 4. The second kappa shape index (κ2) is 7.56. The van der Waals surface area contributed by atoms with Gasteiger partial charge in [0.1, 0.15) is 0 Å². The van der Waals surface area contributed by atoms with Gasteiger partial charge < -0.3 is 15.1 Å². The number of nitrogens with one attached hydrogen (secondary N) is 1. The summed E-state index contributed by atoms with van der Waals surface area (Å²) < 4.78 is 1.88. The first-order valence-corrected chi connectivity index (χ1v) is 7.84. The van der Waals surface area contributed by atoms with Crippen molar-refractivity contribution in [2.45, 2.75) is 39.4 Å². The minimum Gasteiger partial charge on any atom is -0.339 e. The number of piperazine rings is 1. The highest BCUT2D eigenvalue weighted by Crippen LogP contribution is 2.04. The van der Waals surface area contributed by atoms with Crippen molar-refractivity contribution in [1.82, 2.24) is 24.9 Å². The predicted molar refractivity (Wildman–Crippen MR) is 83.0 cm³/mol. The van der Waals surface area contributed by atoms with E-state index >= 15 is 0 Å². The molecule has 1 aliphatic heterocycles. The van der Waals surface area contributed by atoms with Crippen molar-refractivity contribution in [2.24, 2.45) is 0 Å². The Kier molecular flexibility index (Phi) is 5.76. The van der Waals surface area contributed by atoms with Crippen LogP contribution >= 0.6 is 0 Å². The summed E-state index contributed by atoms with van der Waals surface area (Å²) in [6.07, 6.45) is 3.71.